The van der Waals surface area contributed by atoms with Gasteiger partial charge in [-0.3, -0.25) is 4.79 Å². The first-order chi connectivity index (χ1) is 6.70. The molecule has 0 amide bonds. The molecular formula is C11H10F2O. The molecule has 0 saturated carbocycles. The average molecular weight is 196 g/mol. The van der Waals surface area contributed by atoms with Crippen molar-refractivity contribution >= 4 is 5.78 Å². The number of hydrogen-bond acceptors (Lipinski definition) is 1. The number of carbonyl (C=O) groups is 1. The molecule has 0 bridgehead atoms. The highest BCUT2D eigenvalue weighted by atomic mass is 19.1. The lowest BCUT2D eigenvalue weighted by molar-refractivity contribution is 0.0977. The molecule has 1 aliphatic rings. The smallest absolute Gasteiger partial charge is 0.166 e. The predicted molar refractivity (Wildman–Crippen MR) is 48.2 cm³/mol. The Morgan fingerprint density at radius 1 is 1.00 bits per heavy atom. The third-order valence-corrected chi connectivity index (χ3v) is 2.56. The molecule has 0 heterocycles. The van der Waals surface area contributed by atoms with Crippen LogP contribution in [-0.2, 0) is 6.42 Å². The molecular weight excluding hydrogens is 186 g/mol. The zero-order valence-electron chi connectivity index (χ0n) is 7.65. The van der Waals surface area contributed by atoms with Crippen LogP contribution >= 0.6 is 0 Å². The molecule has 1 aliphatic carbocycles. The first kappa shape index (κ1) is 9.31. The van der Waals surface area contributed by atoms with Crippen molar-refractivity contribution in [2.24, 2.45) is 0 Å². The summed E-state index contributed by atoms with van der Waals surface area (Å²) < 4.78 is 26.6. The molecule has 1 nitrogen and oxygen atoms in total. The molecule has 14 heavy (non-hydrogen) atoms. The zero-order valence-corrected chi connectivity index (χ0v) is 7.65. The van der Waals surface area contributed by atoms with E-state index in [-0.39, 0.29) is 16.9 Å². The van der Waals surface area contributed by atoms with Crippen molar-refractivity contribution in [1.29, 1.82) is 0 Å². The first-order valence-corrected chi connectivity index (χ1v) is 4.70. The summed E-state index contributed by atoms with van der Waals surface area (Å²) in [5.41, 5.74) is 0.231. The lowest BCUT2D eigenvalue weighted by Crippen LogP contribution is -2.06. The highest BCUT2D eigenvalue weighted by Gasteiger charge is 2.22. The molecule has 74 valence electrons. The number of rotatable bonds is 0. The van der Waals surface area contributed by atoms with E-state index in [0.29, 0.717) is 19.3 Å². The Labute approximate surface area is 80.7 Å². The van der Waals surface area contributed by atoms with Crippen LogP contribution in [-0.4, -0.2) is 5.78 Å². The molecule has 2 rings (SSSR count). The maximum Gasteiger partial charge on any atom is 0.166 e. The van der Waals surface area contributed by atoms with Crippen LogP contribution in [0, 0.1) is 11.6 Å². The predicted octanol–water partition coefficient (Wildman–Crippen LogP) is 2.87. The fourth-order valence-electron chi connectivity index (χ4n) is 1.85. The minimum Gasteiger partial charge on any atom is -0.294 e. The molecule has 0 fully saturated rings. The fraction of sp³-hybridized carbons (Fsp3) is 0.364. The summed E-state index contributed by atoms with van der Waals surface area (Å²) in [6.07, 6.45) is 2.25. The van der Waals surface area contributed by atoms with E-state index in [0.717, 1.165) is 18.6 Å². The molecule has 1 aromatic rings. The summed E-state index contributed by atoms with van der Waals surface area (Å²) in [5.74, 6) is -1.32. The van der Waals surface area contributed by atoms with Gasteiger partial charge < -0.3 is 0 Å². The number of carbonyl (C=O) groups excluding carboxylic acids is 1. The largest absolute Gasteiger partial charge is 0.294 e. The first-order valence-electron chi connectivity index (χ1n) is 4.70. The second-order valence-corrected chi connectivity index (χ2v) is 3.51. The van der Waals surface area contributed by atoms with Crippen LogP contribution in [0.2, 0.25) is 0 Å². The third kappa shape index (κ3) is 1.43. The highest BCUT2D eigenvalue weighted by molar-refractivity contribution is 5.98. The maximum atomic E-state index is 13.3. The molecule has 0 unspecified atom stereocenters. The molecule has 1 aromatic carbocycles. The molecule has 0 N–H and O–H groups in total. The van der Waals surface area contributed by atoms with Crippen LogP contribution in [0.1, 0.15) is 35.2 Å². The van der Waals surface area contributed by atoms with Gasteiger partial charge in [-0.15, -0.1) is 0 Å². The van der Waals surface area contributed by atoms with Gasteiger partial charge in [0, 0.05) is 12.0 Å². The van der Waals surface area contributed by atoms with Crippen molar-refractivity contribution in [3.05, 3.63) is 34.9 Å². The summed E-state index contributed by atoms with van der Waals surface area (Å²) in [7, 11) is 0. The molecule has 0 aliphatic heterocycles. The van der Waals surface area contributed by atoms with E-state index in [1.807, 2.05) is 0 Å². The van der Waals surface area contributed by atoms with E-state index in [4.69, 9.17) is 0 Å². The quantitative estimate of drug-likeness (QED) is 0.583. The van der Waals surface area contributed by atoms with Gasteiger partial charge in [0.1, 0.15) is 11.6 Å². The van der Waals surface area contributed by atoms with E-state index in [9.17, 15) is 13.6 Å². The zero-order chi connectivity index (χ0) is 10.1. The van der Waals surface area contributed by atoms with Gasteiger partial charge in [-0.1, -0.05) is 0 Å². The Morgan fingerprint density at radius 2 is 1.64 bits per heavy atom. The van der Waals surface area contributed by atoms with E-state index in [1.54, 1.807) is 0 Å². The monoisotopic (exact) mass is 196 g/mol. The summed E-state index contributed by atoms with van der Waals surface area (Å²) in [6, 6.07) is 2.12. The van der Waals surface area contributed by atoms with Crippen LogP contribution in [0.15, 0.2) is 12.1 Å². The molecule has 3 heteroatoms. The van der Waals surface area contributed by atoms with Gasteiger partial charge >= 0.3 is 0 Å². The number of hydrogen-bond donors (Lipinski definition) is 0. The van der Waals surface area contributed by atoms with Crippen LogP contribution in [0.4, 0.5) is 8.78 Å². The minimum atomic E-state index is -0.590. The van der Waals surface area contributed by atoms with Crippen molar-refractivity contribution < 1.29 is 13.6 Å². The van der Waals surface area contributed by atoms with Crippen LogP contribution < -0.4 is 0 Å². The number of ketones is 1. The minimum absolute atomic E-state index is 0.0255. The van der Waals surface area contributed by atoms with Crippen molar-refractivity contribution in [3.8, 4) is 0 Å². The number of benzene rings is 1. The lowest BCUT2D eigenvalue weighted by Gasteiger charge is -2.06. The molecule has 0 spiro atoms. The Morgan fingerprint density at radius 3 is 2.43 bits per heavy atom. The number of Topliss-reactive ketones (excluding diaryl/α,β-unsaturated/α-hetero) is 1. The normalized spacial score (nSPS) is 16.3. The SMILES string of the molecule is O=C1CCCCc2c(F)ccc(F)c21. The van der Waals surface area contributed by atoms with E-state index in [2.05, 4.69) is 0 Å². The molecule has 0 saturated heterocycles. The standard InChI is InChI=1S/C11H10F2O/c12-8-5-6-9(13)11-7(8)3-1-2-4-10(11)14/h5-6H,1-4H2. The van der Waals surface area contributed by atoms with Gasteiger partial charge in [-0.25, -0.2) is 8.78 Å². The summed E-state index contributed by atoms with van der Waals surface area (Å²) in [4.78, 5) is 11.5. The van der Waals surface area contributed by atoms with Gasteiger partial charge in [0.05, 0.1) is 5.56 Å². The molecule has 0 radical (unpaired) electrons. The topological polar surface area (TPSA) is 17.1 Å². The Bertz CT molecular complexity index is 385. The van der Waals surface area contributed by atoms with Gasteiger partial charge in [-0.2, -0.15) is 0 Å². The van der Waals surface area contributed by atoms with Gasteiger partial charge in [0.25, 0.3) is 0 Å². The van der Waals surface area contributed by atoms with E-state index >= 15 is 0 Å². The van der Waals surface area contributed by atoms with Crippen molar-refractivity contribution in [3.63, 3.8) is 0 Å². The van der Waals surface area contributed by atoms with Crippen molar-refractivity contribution in [2.75, 3.05) is 0 Å². The Kier molecular flexibility index (Phi) is 2.32. The summed E-state index contributed by atoms with van der Waals surface area (Å²) in [6.45, 7) is 0. The fourth-order valence-corrected chi connectivity index (χ4v) is 1.85. The van der Waals surface area contributed by atoms with Gasteiger partial charge in [-0.05, 0) is 31.4 Å². The molecule has 0 aromatic heterocycles. The highest BCUT2D eigenvalue weighted by Crippen LogP contribution is 2.25. The Hall–Kier alpha value is -1.25. The molecule has 0 atom stereocenters. The second-order valence-electron chi connectivity index (χ2n) is 3.51. The van der Waals surface area contributed by atoms with Crippen molar-refractivity contribution in [2.45, 2.75) is 25.7 Å². The van der Waals surface area contributed by atoms with Crippen molar-refractivity contribution in [1.82, 2.24) is 0 Å². The van der Waals surface area contributed by atoms with Crippen LogP contribution in [0.5, 0.6) is 0 Å². The second kappa shape index (κ2) is 3.48. The number of fused-ring (bicyclic) bond motifs is 1. The van der Waals surface area contributed by atoms with E-state index in [1.165, 1.54) is 0 Å². The third-order valence-electron chi connectivity index (χ3n) is 2.56. The van der Waals surface area contributed by atoms with E-state index < -0.39 is 11.6 Å². The Balaban J connectivity index is 2.62. The van der Waals surface area contributed by atoms with Crippen LogP contribution in [0.25, 0.3) is 0 Å². The summed E-state index contributed by atoms with van der Waals surface area (Å²) in [5, 5.41) is 0. The number of halogens is 2. The van der Waals surface area contributed by atoms with Gasteiger partial charge in [0.15, 0.2) is 5.78 Å². The van der Waals surface area contributed by atoms with Gasteiger partial charge in [0.2, 0.25) is 0 Å². The maximum absolute atomic E-state index is 13.3. The lowest BCUT2D eigenvalue weighted by atomic mass is 10.0. The van der Waals surface area contributed by atoms with Crippen LogP contribution in [0.3, 0.4) is 0 Å². The summed E-state index contributed by atoms with van der Waals surface area (Å²) >= 11 is 0. The average Bonchev–Trinajstić information content (AvgIpc) is 2.35.